The summed E-state index contributed by atoms with van der Waals surface area (Å²) >= 11 is 7.71. The molecule has 2 N–H and O–H groups in total. The van der Waals surface area contributed by atoms with Gasteiger partial charge < -0.3 is 15.4 Å². The topological polar surface area (TPSA) is 45.6 Å². The van der Waals surface area contributed by atoms with Gasteiger partial charge in [0.05, 0.1) is 0 Å². The number of rotatable bonds is 10. The van der Waals surface area contributed by atoms with Crippen LogP contribution in [-0.2, 0) is 4.74 Å². The van der Waals surface area contributed by atoms with E-state index in [0.717, 1.165) is 49.5 Å². The number of aliphatic imine (C=N–C) groups is 1. The third-order valence-electron chi connectivity index (χ3n) is 4.27. The molecule has 0 unspecified atom stereocenters. The second-order valence-corrected chi connectivity index (χ2v) is 7.71. The molecule has 1 saturated carbocycles. The van der Waals surface area contributed by atoms with Gasteiger partial charge in [0, 0.05) is 49.0 Å². The number of benzene rings is 1. The Balaban J connectivity index is 1.61. The van der Waals surface area contributed by atoms with Crippen molar-refractivity contribution in [3.8, 4) is 0 Å². The first-order valence-electron chi connectivity index (χ1n) is 8.58. The third kappa shape index (κ3) is 6.91. The zero-order valence-electron chi connectivity index (χ0n) is 14.6. The zero-order chi connectivity index (χ0) is 17.3. The highest BCUT2D eigenvalue weighted by atomic mass is 35.5. The molecule has 4 nitrogen and oxygen atoms in total. The fourth-order valence-corrected chi connectivity index (χ4v) is 3.38. The first-order valence-corrected chi connectivity index (χ1v) is 9.94. The molecule has 1 aromatic carbocycles. The molecule has 0 saturated heterocycles. The average molecular weight is 370 g/mol. The number of hydrogen-bond donors (Lipinski definition) is 2. The van der Waals surface area contributed by atoms with Crippen LogP contribution < -0.4 is 10.6 Å². The minimum atomic E-state index is 0.421. The first kappa shape index (κ1) is 19.4. The molecule has 1 fully saturated rings. The van der Waals surface area contributed by atoms with Crippen LogP contribution in [0.2, 0.25) is 5.02 Å². The number of ether oxygens (including phenoxy) is 1. The average Bonchev–Trinajstić information content (AvgIpc) is 3.36. The van der Waals surface area contributed by atoms with Gasteiger partial charge in [0.15, 0.2) is 5.96 Å². The van der Waals surface area contributed by atoms with Gasteiger partial charge in [-0.25, -0.2) is 0 Å². The highest BCUT2D eigenvalue weighted by molar-refractivity contribution is 7.99. The summed E-state index contributed by atoms with van der Waals surface area (Å²) < 4.78 is 5.49. The van der Waals surface area contributed by atoms with E-state index in [0.29, 0.717) is 5.41 Å². The van der Waals surface area contributed by atoms with E-state index in [1.807, 2.05) is 37.9 Å². The summed E-state index contributed by atoms with van der Waals surface area (Å²) in [5, 5.41) is 7.62. The number of hydrogen-bond acceptors (Lipinski definition) is 3. The van der Waals surface area contributed by atoms with E-state index in [4.69, 9.17) is 16.3 Å². The Bertz CT molecular complexity index is 518. The van der Waals surface area contributed by atoms with Gasteiger partial charge in [-0.3, -0.25) is 4.99 Å². The van der Waals surface area contributed by atoms with Crippen molar-refractivity contribution in [3.05, 3.63) is 29.3 Å². The van der Waals surface area contributed by atoms with Crippen molar-refractivity contribution in [2.24, 2.45) is 10.4 Å². The Labute approximate surface area is 154 Å². The maximum atomic E-state index is 5.90. The fraction of sp³-hybridized carbons (Fsp3) is 0.611. The molecule has 6 heteroatoms. The lowest BCUT2D eigenvalue weighted by Crippen LogP contribution is -2.41. The van der Waals surface area contributed by atoms with Gasteiger partial charge in [-0.05, 0) is 55.9 Å². The summed E-state index contributed by atoms with van der Waals surface area (Å²) in [5.41, 5.74) is 0.421. The number of nitrogens with zero attached hydrogens (tertiary/aromatic N) is 1. The van der Waals surface area contributed by atoms with Crippen molar-refractivity contribution in [1.29, 1.82) is 0 Å². The lowest BCUT2D eigenvalue weighted by molar-refractivity contribution is 0.128. The van der Waals surface area contributed by atoms with Crippen LogP contribution in [0.4, 0.5) is 0 Å². The van der Waals surface area contributed by atoms with Gasteiger partial charge in [0.2, 0.25) is 0 Å². The minimum Gasteiger partial charge on any atom is -0.382 e. The lowest BCUT2D eigenvalue weighted by Gasteiger charge is -2.18. The molecule has 2 rings (SSSR count). The van der Waals surface area contributed by atoms with Crippen LogP contribution in [-0.4, -0.2) is 45.1 Å². The van der Waals surface area contributed by atoms with Crippen molar-refractivity contribution in [3.63, 3.8) is 0 Å². The highest BCUT2D eigenvalue weighted by Gasteiger charge is 2.41. The maximum absolute atomic E-state index is 5.90. The molecule has 1 aliphatic carbocycles. The van der Waals surface area contributed by atoms with Crippen molar-refractivity contribution in [1.82, 2.24) is 10.6 Å². The summed E-state index contributed by atoms with van der Waals surface area (Å²) in [4.78, 5) is 5.54. The van der Waals surface area contributed by atoms with E-state index in [9.17, 15) is 0 Å². The van der Waals surface area contributed by atoms with E-state index < -0.39 is 0 Å². The van der Waals surface area contributed by atoms with Crippen LogP contribution in [0.15, 0.2) is 34.2 Å². The smallest absolute Gasteiger partial charge is 0.191 e. The molecule has 0 atom stereocenters. The molecule has 0 radical (unpaired) electrons. The Morgan fingerprint density at radius 2 is 2.04 bits per heavy atom. The molecule has 1 aliphatic rings. The summed E-state index contributed by atoms with van der Waals surface area (Å²) in [6.45, 7) is 5.56. The molecule has 134 valence electrons. The lowest BCUT2D eigenvalue weighted by atomic mass is 10.0. The minimum absolute atomic E-state index is 0.421. The van der Waals surface area contributed by atoms with Crippen molar-refractivity contribution < 1.29 is 4.74 Å². The van der Waals surface area contributed by atoms with Gasteiger partial charge in [-0.15, -0.1) is 11.8 Å². The van der Waals surface area contributed by atoms with Gasteiger partial charge in [-0.2, -0.15) is 0 Å². The van der Waals surface area contributed by atoms with E-state index in [1.54, 1.807) is 0 Å². The Morgan fingerprint density at radius 1 is 1.29 bits per heavy atom. The molecule has 1 aromatic rings. The molecule has 0 aliphatic heterocycles. The second-order valence-electron chi connectivity index (χ2n) is 6.10. The third-order valence-corrected chi connectivity index (χ3v) is 5.53. The second kappa shape index (κ2) is 10.2. The zero-order valence-corrected chi connectivity index (χ0v) is 16.2. The molecule has 24 heavy (non-hydrogen) atoms. The van der Waals surface area contributed by atoms with Crippen LogP contribution in [0.3, 0.4) is 0 Å². The molecular formula is C18H28ClN3OS. The van der Waals surface area contributed by atoms with E-state index in [1.165, 1.54) is 17.7 Å². The van der Waals surface area contributed by atoms with Gasteiger partial charge in [-0.1, -0.05) is 11.6 Å². The quantitative estimate of drug-likeness (QED) is 0.285. The Hall–Kier alpha value is -0.910. The van der Waals surface area contributed by atoms with Crippen LogP contribution in [0.25, 0.3) is 0 Å². The molecule has 0 aromatic heterocycles. The number of thioether (sulfide) groups is 1. The molecule has 0 amide bonds. The van der Waals surface area contributed by atoms with E-state index in [2.05, 4.69) is 27.8 Å². The van der Waals surface area contributed by atoms with E-state index in [-0.39, 0.29) is 0 Å². The van der Waals surface area contributed by atoms with Gasteiger partial charge in [0.1, 0.15) is 0 Å². The number of halogens is 1. The molecule has 0 bridgehead atoms. The Morgan fingerprint density at radius 3 is 2.67 bits per heavy atom. The van der Waals surface area contributed by atoms with Gasteiger partial charge in [0.25, 0.3) is 0 Å². The van der Waals surface area contributed by atoms with Crippen LogP contribution >= 0.6 is 23.4 Å². The monoisotopic (exact) mass is 369 g/mol. The normalized spacial score (nSPS) is 16.0. The molecular weight excluding hydrogens is 342 g/mol. The summed E-state index contributed by atoms with van der Waals surface area (Å²) in [5.74, 6) is 1.87. The standard InChI is InChI=1S/C18H28ClN3OS/c1-3-23-12-10-18(8-9-18)14-22-17(20-2)21-11-13-24-16-6-4-15(19)5-7-16/h4-7H,3,8-14H2,1-2H3,(H2,20,21,22). The summed E-state index contributed by atoms with van der Waals surface area (Å²) in [6, 6.07) is 7.95. The van der Waals surface area contributed by atoms with Crippen LogP contribution in [0, 0.1) is 5.41 Å². The van der Waals surface area contributed by atoms with Crippen LogP contribution in [0.5, 0.6) is 0 Å². The Kier molecular flexibility index (Phi) is 8.22. The van der Waals surface area contributed by atoms with E-state index >= 15 is 0 Å². The number of nitrogens with one attached hydrogen (secondary N) is 2. The largest absolute Gasteiger partial charge is 0.382 e. The summed E-state index contributed by atoms with van der Waals surface area (Å²) in [7, 11) is 1.82. The number of guanidine groups is 1. The molecule has 0 heterocycles. The maximum Gasteiger partial charge on any atom is 0.191 e. The predicted molar refractivity (Wildman–Crippen MR) is 104 cm³/mol. The van der Waals surface area contributed by atoms with Crippen molar-refractivity contribution in [2.45, 2.75) is 31.1 Å². The fourth-order valence-electron chi connectivity index (χ4n) is 2.49. The van der Waals surface area contributed by atoms with Gasteiger partial charge >= 0.3 is 0 Å². The summed E-state index contributed by atoms with van der Waals surface area (Å²) in [6.07, 6.45) is 3.71. The predicted octanol–water partition coefficient (Wildman–Crippen LogP) is 3.80. The SMILES string of the molecule is CCOCCC1(CNC(=NC)NCCSc2ccc(Cl)cc2)CC1. The first-order chi connectivity index (χ1) is 11.7. The van der Waals surface area contributed by atoms with Crippen molar-refractivity contribution >= 4 is 29.3 Å². The highest BCUT2D eigenvalue weighted by Crippen LogP contribution is 2.48. The molecule has 0 spiro atoms. The van der Waals surface area contributed by atoms with Crippen LogP contribution in [0.1, 0.15) is 26.2 Å². The van der Waals surface area contributed by atoms with Crippen molar-refractivity contribution in [2.75, 3.05) is 39.1 Å².